The van der Waals surface area contributed by atoms with Gasteiger partial charge < -0.3 is 15.0 Å². The van der Waals surface area contributed by atoms with Gasteiger partial charge in [0.2, 0.25) is 11.9 Å². The van der Waals surface area contributed by atoms with Crippen LogP contribution < -0.4 is 10.2 Å². The normalized spacial score (nSPS) is 19.2. The Hall–Kier alpha value is -2.06. The molecule has 0 saturated carbocycles. The molecule has 8 heteroatoms. The van der Waals surface area contributed by atoms with E-state index in [1.165, 1.54) is 35.7 Å². The number of carbonyl (C=O) groups excluding carboxylic acids is 1. The number of hydrogen-bond donors (Lipinski definition) is 1. The van der Waals surface area contributed by atoms with Crippen molar-refractivity contribution in [2.45, 2.75) is 77.1 Å². The number of piperidine rings is 1. The third-order valence-electron chi connectivity index (χ3n) is 6.77. The number of rotatable bonds is 9. The zero-order valence-corrected chi connectivity index (χ0v) is 21.0. The molecule has 2 saturated heterocycles. The molecule has 1 amide bonds. The van der Waals surface area contributed by atoms with Crippen molar-refractivity contribution in [3.8, 4) is 0 Å². The fourth-order valence-electron chi connectivity index (χ4n) is 4.69. The van der Waals surface area contributed by atoms with E-state index in [1.807, 2.05) is 0 Å². The average Bonchev–Trinajstić information content (AvgIpc) is 3.49. The molecule has 1 aromatic carbocycles. The Kier molecular flexibility index (Phi) is 8.30. The van der Waals surface area contributed by atoms with Crippen LogP contribution in [-0.2, 0) is 28.9 Å². The van der Waals surface area contributed by atoms with Crippen molar-refractivity contribution in [2.24, 2.45) is 5.92 Å². The predicted molar refractivity (Wildman–Crippen MR) is 134 cm³/mol. The van der Waals surface area contributed by atoms with Gasteiger partial charge in [-0.05, 0) is 55.6 Å². The van der Waals surface area contributed by atoms with E-state index in [2.05, 4.69) is 64.0 Å². The number of para-hydroxylation sites is 1. The van der Waals surface area contributed by atoms with E-state index in [0.29, 0.717) is 5.75 Å². The number of anilines is 2. The number of aromatic nitrogens is 3. The Balaban J connectivity index is 1.46. The first kappa shape index (κ1) is 24.1. The second-order valence-electron chi connectivity index (χ2n) is 9.19. The minimum absolute atomic E-state index is 0.00406. The first-order valence-corrected chi connectivity index (χ1v) is 13.4. The summed E-state index contributed by atoms with van der Waals surface area (Å²) in [5, 5.41) is 13.0. The smallest absolute Gasteiger partial charge is 0.234 e. The van der Waals surface area contributed by atoms with Crippen molar-refractivity contribution in [2.75, 3.05) is 35.7 Å². The van der Waals surface area contributed by atoms with E-state index in [-0.39, 0.29) is 12.0 Å². The summed E-state index contributed by atoms with van der Waals surface area (Å²) >= 11 is 1.47. The van der Waals surface area contributed by atoms with Crippen LogP contribution in [0.25, 0.3) is 0 Å². The molecule has 2 aliphatic heterocycles. The number of amides is 1. The maximum Gasteiger partial charge on any atom is 0.234 e. The molecule has 0 radical (unpaired) electrons. The van der Waals surface area contributed by atoms with E-state index in [9.17, 15) is 4.79 Å². The standard InChI is InChI=1S/C25H37N5O2S/c1-4-19-8-6-9-20(5-2)23(19)26-22(31)17-33-25-28-27-24(29-13-11-18(3)12-14-29)30(25)16-21-10-7-15-32-21/h6,8-9,18,21H,4-5,7,10-17H2,1-3H3,(H,26,31). The monoisotopic (exact) mass is 471 g/mol. The van der Waals surface area contributed by atoms with Crippen LogP contribution in [0.2, 0.25) is 0 Å². The minimum Gasteiger partial charge on any atom is -0.376 e. The average molecular weight is 472 g/mol. The lowest BCUT2D eigenvalue weighted by atomic mass is 10.00. The summed E-state index contributed by atoms with van der Waals surface area (Å²) in [6.07, 6.45) is 6.49. The van der Waals surface area contributed by atoms with E-state index in [4.69, 9.17) is 4.74 Å². The van der Waals surface area contributed by atoms with Crippen molar-refractivity contribution in [1.29, 1.82) is 0 Å². The van der Waals surface area contributed by atoms with Gasteiger partial charge in [0.05, 0.1) is 18.4 Å². The lowest BCUT2D eigenvalue weighted by Gasteiger charge is -2.31. The summed E-state index contributed by atoms with van der Waals surface area (Å²) in [4.78, 5) is 15.2. The van der Waals surface area contributed by atoms with E-state index in [1.54, 1.807) is 0 Å². The fourth-order valence-corrected chi connectivity index (χ4v) is 5.43. The third kappa shape index (κ3) is 5.90. The Labute approximate surface area is 201 Å². The molecule has 1 N–H and O–H groups in total. The Morgan fingerprint density at radius 1 is 1.15 bits per heavy atom. The van der Waals surface area contributed by atoms with Gasteiger partial charge in [0.1, 0.15) is 0 Å². The minimum atomic E-state index is -0.00406. The summed E-state index contributed by atoms with van der Waals surface area (Å²) in [5.41, 5.74) is 3.32. The Morgan fingerprint density at radius 3 is 2.52 bits per heavy atom. The highest BCUT2D eigenvalue weighted by Gasteiger charge is 2.26. The van der Waals surface area contributed by atoms with Crippen LogP contribution in [0, 0.1) is 5.92 Å². The molecule has 180 valence electrons. The molecule has 1 atom stereocenters. The summed E-state index contributed by atoms with van der Waals surface area (Å²) in [7, 11) is 0. The molecule has 1 unspecified atom stereocenters. The van der Waals surface area contributed by atoms with Crippen LogP contribution in [0.5, 0.6) is 0 Å². The Morgan fingerprint density at radius 2 is 1.88 bits per heavy atom. The topological polar surface area (TPSA) is 72.3 Å². The number of nitrogens with one attached hydrogen (secondary N) is 1. The highest BCUT2D eigenvalue weighted by Crippen LogP contribution is 2.29. The zero-order chi connectivity index (χ0) is 23.2. The third-order valence-corrected chi connectivity index (χ3v) is 7.74. The summed E-state index contributed by atoms with van der Waals surface area (Å²) in [5.74, 6) is 1.98. The van der Waals surface area contributed by atoms with Gasteiger partial charge in [0.15, 0.2) is 5.16 Å². The quantitative estimate of drug-likeness (QED) is 0.541. The maximum absolute atomic E-state index is 12.9. The second kappa shape index (κ2) is 11.4. The van der Waals surface area contributed by atoms with E-state index < -0.39 is 0 Å². The SMILES string of the molecule is CCc1cccc(CC)c1NC(=O)CSc1nnc(N2CCC(C)CC2)n1CC1CCCO1. The molecular weight excluding hydrogens is 434 g/mol. The lowest BCUT2D eigenvalue weighted by Crippen LogP contribution is -2.35. The fraction of sp³-hybridized carbons (Fsp3) is 0.640. The number of hydrogen-bond acceptors (Lipinski definition) is 6. The molecule has 0 spiro atoms. The molecule has 3 heterocycles. The largest absolute Gasteiger partial charge is 0.376 e. The predicted octanol–water partition coefficient (Wildman–Crippen LogP) is 4.55. The van der Waals surface area contributed by atoms with Gasteiger partial charge in [-0.25, -0.2) is 0 Å². The second-order valence-corrected chi connectivity index (χ2v) is 10.1. The molecule has 2 aromatic rings. The molecule has 0 aliphatic carbocycles. The van der Waals surface area contributed by atoms with Crippen molar-refractivity contribution in [3.05, 3.63) is 29.3 Å². The van der Waals surface area contributed by atoms with Gasteiger partial charge in [0.25, 0.3) is 0 Å². The summed E-state index contributed by atoms with van der Waals surface area (Å²) in [6.45, 7) is 10.1. The van der Waals surface area contributed by atoms with Gasteiger partial charge in [0, 0.05) is 25.4 Å². The molecule has 4 rings (SSSR count). The molecular formula is C25H37N5O2S. The van der Waals surface area contributed by atoms with Gasteiger partial charge >= 0.3 is 0 Å². The molecule has 2 fully saturated rings. The van der Waals surface area contributed by atoms with Crippen LogP contribution in [0.1, 0.15) is 57.6 Å². The van der Waals surface area contributed by atoms with E-state index in [0.717, 1.165) is 74.6 Å². The number of nitrogens with zero attached hydrogens (tertiary/aromatic N) is 4. The van der Waals surface area contributed by atoms with Crippen LogP contribution in [0.15, 0.2) is 23.4 Å². The number of aryl methyl sites for hydroxylation is 2. The summed E-state index contributed by atoms with van der Waals surface area (Å²) in [6, 6.07) is 6.25. The number of thioether (sulfide) groups is 1. The first-order chi connectivity index (χ1) is 16.1. The van der Waals surface area contributed by atoms with Crippen LogP contribution >= 0.6 is 11.8 Å². The van der Waals surface area contributed by atoms with E-state index >= 15 is 0 Å². The van der Waals surface area contributed by atoms with Crippen LogP contribution in [0.4, 0.5) is 11.6 Å². The van der Waals surface area contributed by atoms with Gasteiger partial charge in [-0.3, -0.25) is 9.36 Å². The zero-order valence-electron chi connectivity index (χ0n) is 20.2. The number of benzene rings is 1. The molecule has 7 nitrogen and oxygen atoms in total. The van der Waals surface area contributed by atoms with Crippen LogP contribution in [-0.4, -0.2) is 52.2 Å². The first-order valence-electron chi connectivity index (χ1n) is 12.4. The highest BCUT2D eigenvalue weighted by molar-refractivity contribution is 7.99. The maximum atomic E-state index is 12.9. The lowest BCUT2D eigenvalue weighted by molar-refractivity contribution is -0.113. The number of carbonyl (C=O) groups is 1. The number of ether oxygens (including phenoxy) is 1. The van der Waals surface area contributed by atoms with Crippen molar-refractivity contribution >= 4 is 29.3 Å². The summed E-state index contributed by atoms with van der Waals surface area (Å²) < 4.78 is 8.09. The molecule has 0 bridgehead atoms. The van der Waals surface area contributed by atoms with Gasteiger partial charge in [-0.2, -0.15) is 0 Å². The molecule has 33 heavy (non-hydrogen) atoms. The van der Waals surface area contributed by atoms with Gasteiger partial charge in [-0.15, -0.1) is 10.2 Å². The van der Waals surface area contributed by atoms with Crippen molar-refractivity contribution in [3.63, 3.8) is 0 Å². The highest BCUT2D eigenvalue weighted by atomic mass is 32.2. The van der Waals surface area contributed by atoms with Crippen LogP contribution in [0.3, 0.4) is 0 Å². The van der Waals surface area contributed by atoms with Crippen molar-refractivity contribution in [1.82, 2.24) is 14.8 Å². The molecule has 2 aliphatic rings. The Bertz CT molecular complexity index is 911. The van der Waals surface area contributed by atoms with Crippen molar-refractivity contribution < 1.29 is 9.53 Å². The van der Waals surface area contributed by atoms with Gasteiger partial charge in [-0.1, -0.05) is 50.7 Å². The molecule has 1 aromatic heterocycles.